The van der Waals surface area contributed by atoms with Crippen molar-refractivity contribution in [1.29, 1.82) is 0 Å². The fourth-order valence-electron chi connectivity index (χ4n) is 3.00. The molecule has 2 unspecified atom stereocenters. The van der Waals surface area contributed by atoms with Crippen molar-refractivity contribution in [3.05, 3.63) is 38.8 Å². The average Bonchev–Trinajstić information content (AvgIpc) is 2.89. The monoisotopic (exact) mass is 315 g/mol. The number of ether oxygens (including phenoxy) is 1. The number of hydrogen-bond donors (Lipinski definition) is 1. The third-order valence-electron chi connectivity index (χ3n) is 4.25. The number of aryl methyl sites for hydroxylation is 1. The van der Waals surface area contributed by atoms with E-state index in [1.165, 1.54) is 11.3 Å². The number of ketones is 1. The Morgan fingerprint density at radius 1 is 1.45 bits per heavy atom. The lowest BCUT2D eigenvalue weighted by molar-refractivity contribution is 0.0992. The Morgan fingerprint density at radius 3 is 2.95 bits per heavy atom. The summed E-state index contributed by atoms with van der Waals surface area (Å²) in [6.45, 7) is 2.59. The van der Waals surface area contributed by atoms with Gasteiger partial charge in [-0.2, -0.15) is 0 Å². The van der Waals surface area contributed by atoms with Gasteiger partial charge < -0.3 is 10.5 Å². The van der Waals surface area contributed by atoms with E-state index in [0.29, 0.717) is 18.9 Å². The van der Waals surface area contributed by atoms with Crippen LogP contribution < -0.4 is 10.5 Å². The zero-order valence-corrected chi connectivity index (χ0v) is 13.2. The van der Waals surface area contributed by atoms with E-state index in [1.807, 2.05) is 19.1 Å². The number of fused-ring (bicyclic) bond motifs is 1. The van der Waals surface area contributed by atoms with Crippen LogP contribution in [0.1, 0.15) is 43.8 Å². The summed E-state index contributed by atoms with van der Waals surface area (Å²) >= 11 is 1.47. The first kappa shape index (κ1) is 13.8. The van der Waals surface area contributed by atoms with Crippen LogP contribution in [0, 0.1) is 6.92 Å². The molecule has 2 N–H and O–H groups in total. The smallest absolute Gasteiger partial charge is 0.169 e. The van der Waals surface area contributed by atoms with Gasteiger partial charge in [-0.05, 0) is 36.6 Å². The Bertz CT molecular complexity index is 756. The third-order valence-corrected chi connectivity index (χ3v) is 5.09. The standard InChI is InChI=1S/C16H17N3O2S/c1-8-18-19-15(22-8)7-14(20)10-4-9-2-3-21-16(9)12(5-10)11-6-13(11)17/h4-5,11,13H,2-3,6-7,17H2,1H3. The molecule has 0 amide bonds. The first-order valence-corrected chi connectivity index (χ1v) is 8.31. The summed E-state index contributed by atoms with van der Waals surface area (Å²) in [6, 6.07) is 4.14. The quantitative estimate of drug-likeness (QED) is 0.873. The molecular weight excluding hydrogens is 298 g/mol. The van der Waals surface area contributed by atoms with E-state index < -0.39 is 0 Å². The Hall–Kier alpha value is -1.79. The molecule has 5 nitrogen and oxygen atoms in total. The molecule has 22 heavy (non-hydrogen) atoms. The number of benzene rings is 1. The Labute approximate surface area is 132 Å². The minimum absolute atomic E-state index is 0.0846. The largest absolute Gasteiger partial charge is 0.493 e. The average molecular weight is 315 g/mol. The molecule has 1 aromatic carbocycles. The molecule has 6 heteroatoms. The van der Waals surface area contributed by atoms with Crippen molar-refractivity contribution in [2.45, 2.75) is 38.1 Å². The fraction of sp³-hybridized carbons (Fsp3) is 0.438. The number of nitrogens with two attached hydrogens (primary N) is 1. The number of carbonyl (C=O) groups is 1. The van der Waals surface area contributed by atoms with Crippen LogP contribution in [0.4, 0.5) is 0 Å². The maximum atomic E-state index is 12.6. The van der Waals surface area contributed by atoms with Crippen LogP contribution in [-0.4, -0.2) is 28.6 Å². The van der Waals surface area contributed by atoms with Crippen molar-refractivity contribution in [2.24, 2.45) is 5.73 Å². The molecule has 0 radical (unpaired) electrons. The molecule has 0 bridgehead atoms. The van der Waals surface area contributed by atoms with E-state index in [1.54, 1.807) is 0 Å². The minimum Gasteiger partial charge on any atom is -0.493 e. The van der Waals surface area contributed by atoms with Crippen molar-refractivity contribution in [3.63, 3.8) is 0 Å². The van der Waals surface area contributed by atoms with Crippen molar-refractivity contribution in [2.75, 3.05) is 6.61 Å². The topological polar surface area (TPSA) is 78.1 Å². The number of nitrogens with zero attached hydrogens (tertiary/aromatic N) is 2. The molecule has 1 aliphatic carbocycles. The third kappa shape index (κ3) is 2.42. The molecule has 4 rings (SSSR count). The lowest BCUT2D eigenvalue weighted by Gasteiger charge is -2.10. The van der Waals surface area contributed by atoms with Gasteiger partial charge in [0.2, 0.25) is 0 Å². The summed E-state index contributed by atoms with van der Waals surface area (Å²) in [5.74, 6) is 1.38. The summed E-state index contributed by atoms with van der Waals surface area (Å²) < 4.78 is 5.75. The summed E-state index contributed by atoms with van der Waals surface area (Å²) in [5, 5.41) is 9.66. The van der Waals surface area contributed by atoms with Gasteiger partial charge in [-0.3, -0.25) is 4.79 Å². The first-order chi connectivity index (χ1) is 10.6. The highest BCUT2D eigenvalue weighted by Crippen LogP contribution is 2.46. The zero-order chi connectivity index (χ0) is 15.3. The SMILES string of the molecule is Cc1nnc(CC(=O)c2cc3c(c(C4CC4N)c2)OCC3)s1. The Kier molecular flexibility index (Phi) is 3.23. The normalized spacial score (nSPS) is 22.3. The highest BCUT2D eigenvalue weighted by atomic mass is 32.1. The number of aromatic nitrogens is 2. The lowest BCUT2D eigenvalue weighted by Crippen LogP contribution is -2.07. The van der Waals surface area contributed by atoms with Crippen LogP contribution in [0.5, 0.6) is 5.75 Å². The van der Waals surface area contributed by atoms with Gasteiger partial charge in [-0.15, -0.1) is 21.5 Å². The molecule has 2 atom stereocenters. The van der Waals surface area contributed by atoms with Crippen LogP contribution in [0.3, 0.4) is 0 Å². The maximum absolute atomic E-state index is 12.6. The fourth-order valence-corrected chi connectivity index (χ4v) is 3.70. The molecule has 1 aromatic heterocycles. The zero-order valence-electron chi connectivity index (χ0n) is 12.3. The number of Topliss-reactive ketones (excluding diaryl/α,β-unsaturated/α-hetero) is 1. The molecule has 0 saturated heterocycles. The van der Waals surface area contributed by atoms with E-state index in [-0.39, 0.29) is 11.8 Å². The number of carbonyl (C=O) groups excluding carboxylic acids is 1. The van der Waals surface area contributed by atoms with Gasteiger partial charge in [0.05, 0.1) is 13.0 Å². The summed E-state index contributed by atoms with van der Waals surface area (Å²) in [7, 11) is 0. The predicted molar refractivity (Wildman–Crippen MR) is 83.7 cm³/mol. The van der Waals surface area contributed by atoms with Crippen LogP contribution >= 0.6 is 11.3 Å². The second kappa shape index (κ2) is 5.14. The van der Waals surface area contributed by atoms with E-state index in [2.05, 4.69) is 10.2 Å². The van der Waals surface area contributed by atoms with Gasteiger partial charge in [0.1, 0.15) is 15.8 Å². The van der Waals surface area contributed by atoms with Gasteiger partial charge in [0.25, 0.3) is 0 Å². The van der Waals surface area contributed by atoms with Crippen molar-refractivity contribution in [3.8, 4) is 5.75 Å². The first-order valence-electron chi connectivity index (χ1n) is 7.49. The van der Waals surface area contributed by atoms with E-state index >= 15 is 0 Å². The van der Waals surface area contributed by atoms with E-state index in [0.717, 1.165) is 45.3 Å². The summed E-state index contributed by atoms with van der Waals surface area (Å²) in [4.78, 5) is 12.6. The lowest BCUT2D eigenvalue weighted by atomic mass is 9.97. The molecule has 1 aliphatic heterocycles. The van der Waals surface area contributed by atoms with Crippen LogP contribution in [0.25, 0.3) is 0 Å². The highest BCUT2D eigenvalue weighted by molar-refractivity contribution is 7.11. The van der Waals surface area contributed by atoms with Crippen molar-refractivity contribution < 1.29 is 9.53 Å². The molecule has 1 saturated carbocycles. The van der Waals surface area contributed by atoms with Gasteiger partial charge >= 0.3 is 0 Å². The molecule has 2 heterocycles. The summed E-state index contributed by atoms with van der Waals surface area (Å²) in [6.07, 6.45) is 2.15. The number of rotatable bonds is 4. The Morgan fingerprint density at radius 2 is 2.27 bits per heavy atom. The second-order valence-corrected chi connectivity index (χ2v) is 7.24. The molecule has 1 fully saturated rings. The summed E-state index contributed by atoms with van der Waals surface area (Å²) in [5.41, 5.74) is 8.97. The minimum atomic E-state index is 0.0846. The van der Waals surface area contributed by atoms with E-state index in [9.17, 15) is 4.79 Å². The van der Waals surface area contributed by atoms with Crippen LogP contribution in [-0.2, 0) is 12.8 Å². The van der Waals surface area contributed by atoms with E-state index in [4.69, 9.17) is 10.5 Å². The maximum Gasteiger partial charge on any atom is 0.169 e. The van der Waals surface area contributed by atoms with Crippen molar-refractivity contribution >= 4 is 17.1 Å². The van der Waals surface area contributed by atoms with Gasteiger partial charge in [0, 0.05) is 23.9 Å². The predicted octanol–water partition coefficient (Wildman–Crippen LogP) is 2.02. The molecular formula is C16H17N3O2S. The highest BCUT2D eigenvalue weighted by Gasteiger charge is 2.39. The molecule has 2 aliphatic rings. The molecule has 2 aromatic rings. The Balaban J connectivity index is 1.65. The molecule has 0 spiro atoms. The second-order valence-electron chi connectivity index (χ2n) is 5.97. The van der Waals surface area contributed by atoms with Crippen LogP contribution in [0.2, 0.25) is 0 Å². The van der Waals surface area contributed by atoms with Gasteiger partial charge in [0.15, 0.2) is 5.78 Å². The van der Waals surface area contributed by atoms with Crippen molar-refractivity contribution in [1.82, 2.24) is 10.2 Å². The van der Waals surface area contributed by atoms with Crippen LogP contribution in [0.15, 0.2) is 12.1 Å². The number of hydrogen-bond acceptors (Lipinski definition) is 6. The molecule has 114 valence electrons. The van der Waals surface area contributed by atoms with Gasteiger partial charge in [-0.25, -0.2) is 0 Å². The van der Waals surface area contributed by atoms with Gasteiger partial charge in [-0.1, -0.05) is 0 Å².